The van der Waals surface area contributed by atoms with Crippen molar-refractivity contribution in [2.45, 2.75) is 57.3 Å². The maximum absolute atomic E-state index is 12.2. The zero-order valence-corrected chi connectivity index (χ0v) is 16.5. The van der Waals surface area contributed by atoms with Crippen LogP contribution in [0.15, 0.2) is 24.3 Å². The Bertz CT molecular complexity index is 633. The molecule has 5 heteroatoms. The van der Waals surface area contributed by atoms with Crippen molar-refractivity contribution in [3.8, 4) is 0 Å². The molecule has 1 aromatic carbocycles. The molecule has 3 fully saturated rings. The third kappa shape index (κ3) is 4.53. The van der Waals surface area contributed by atoms with Gasteiger partial charge in [0.1, 0.15) is 6.61 Å². The molecule has 3 saturated heterocycles. The van der Waals surface area contributed by atoms with Gasteiger partial charge in [0.15, 0.2) is 0 Å². The molecule has 0 aromatic heterocycles. The summed E-state index contributed by atoms with van der Waals surface area (Å²) in [6.45, 7) is 7.85. The van der Waals surface area contributed by atoms with Crippen molar-refractivity contribution >= 4 is 5.91 Å². The molecule has 0 aliphatic carbocycles. The highest BCUT2D eigenvalue weighted by Gasteiger charge is 2.47. The van der Waals surface area contributed by atoms with Crippen molar-refractivity contribution in [3.63, 3.8) is 0 Å². The molecule has 1 aromatic rings. The number of ether oxygens (including phenoxy) is 2. The number of amides is 1. The minimum atomic E-state index is -0.0665. The summed E-state index contributed by atoms with van der Waals surface area (Å²) in [5, 5.41) is 0. The smallest absolute Gasteiger partial charge is 0.248 e. The third-order valence-electron chi connectivity index (χ3n) is 6.21. The summed E-state index contributed by atoms with van der Waals surface area (Å²) in [6.07, 6.45) is 5.30. The van der Waals surface area contributed by atoms with E-state index < -0.39 is 0 Å². The number of likely N-dealkylation sites (tertiary alicyclic amines) is 2. The summed E-state index contributed by atoms with van der Waals surface area (Å²) >= 11 is 0. The van der Waals surface area contributed by atoms with E-state index in [0.29, 0.717) is 0 Å². The fourth-order valence-corrected chi connectivity index (χ4v) is 4.61. The van der Waals surface area contributed by atoms with Crippen LogP contribution in [-0.4, -0.2) is 66.8 Å². The van der Waals surface area contributed by atoms with Crippen LogP contribution in [0.2, 0.25) is 0 Å². The summed E-state index contributed by atoms with van der Waals surface area (Å²) in [6, 6.07) is 8.93. The minimum Gasteiger partial charge on any atom is -0.372 e. The standard InChI is InChI=1S/C22H32N2O3/c1-2-18-5-7-19(8-6-18)14-23-16-22(17-23)13-20(9-12-27-22)26-15-21(25)24-10-3-4-11-24/h5-8,20H,2-4,9-17H2,1H3. The van der Waals surface area contributed by atoms with Gasteiger partial charge in [0.25, 0.3) is 0 Å². The topological polar surface area (TPSA) is 42.0 Å². The van der Waals surface area contributed by atoms with Crippen LogP contribution in [0.1, 0.15) is 43.7 Å². The molecule has 0 bridgehead atoms. The lowest BCUT2D eigenvalue weighted by atomic mass is 9.84. The van der Waals surface area contributed by atoms with Crippen molar-refractivity contribution in [2.75, 3.05) is 39.4 Å². The summed E-state index contributed by atoms with van der Waals surface area (Å²) in [5.41, 5.74) is 2.68. The fourth-order valence-electron chi connectivity index (χ4n) is 4.61. The van der Waals surface area contributed by atoms with E-state index >= 15 is 0 Å². The van der Waals surface area contributed by atoms with Gasteiger partial charge >= 0.3 is 0 Å². The molecule has 0 N–H and O–H groups in total. The van der Waals surface area contributed by atoms with Crippen LogP contribution < -0.4 is 0 Å². The van der Waals surface area contributed by atoms with Gasteiger partial charge in [-0.05, 0) is 36.8 Å². The Balaban J connectivity index is 1.22. The monoisotopic (exact) mass is 372 g/mol. The Hall–Kier alpha value is -1.43. The van der Waals surface area contributed by atoms with Gasteiger partial charge in [0.2, 0.25) is 5.91 Å². The van der Waals surface area contributed by atoms with Gasteiger partial charge in [-0.15, -0.1) is 0 Å². The summed E-state index contributed by atoms with van der Waals surface area (Å²) in [5.74, 6) is 0.152. The van der Waals surface area contributed by atoms with E-state index in [1.807, 2.05) is 4.90 Å². The van der Waals surface area contributed by atoms with Crippen molar-refractivity contribution in [3.05, 3.63) is 35.4 Å². The minimum absolute atomic E-state index is 0.0665. The summed E-state index contributed by atoms with van der Waals surface area (Å²) in [4.78, 5) is 16.6. The number of carbonyl (C=O) groups excluding carboxylic acids is 1. The van der Waals surface area contributed by atoms with Crippen molar-refractivity contribution in [2.24, 2.45) is 0 Å². The van der Waals surface area contributed by atoms with Crippen LogP contribution >= 0.6 is 0 Å². The first-order valence-corrected chi connectivity index (χ1v) is 10.5. The Morgan fingerprint density at radius 1 is 1.19 bits per heavy atom. The second kappa shape index (κ2) is 8.29. The molecule has 3 aliphatic heterocycles. The van der Waals surface area contributed by atoms with E-state index in [0.717, 1.165) is 71.4 Å². The van der Waals surface area contributed by atoms with Crippen LogP contribution in [0, 0.1) is 0 Å². The van der Waals surface area contributed by atoms with Gasteiger partial charge in [-0.25, -0.2) is 0 Å². The lowest BCUT2D eigenvalue weighted by Crippen LogP contribution is -2.65. The fraction of sp³-hybridized carbons (Fsp3) is 0.682. The molecule has 4 rings (SSSR count). The van der Waals surface area contributed by atoms with E-state index in [2.05, 4.69) is 36.1 Å². The SMILES string of the molecule is CCc1ccc(CN2CC3(CC(OCC(=O)N4CCCC4)CCO3)C2)cc1. The highest BCUT2D eigenvalue weighted by Crippen LogP contribution is 2.36. The molecule has 1 amide bonds. The molecule has 0 radical (unpaired) electrons. The van der Waals surface area contributed by atoms with Crippen LogP contribution in [0.4, 0.5) is 0 Å². The Morgan fingerprint density at radius 2 is 1.89 bits per heavy atom. The zero-order chi connectivity index (χ0) is 18.7. The molecule has 5 nitrogen and oxygen atoms in total. The van der Waals surface area contributed by atoms with E-state index in [4.69, 9.17) is 9.47 Å². The molecule has 3 heterocycles. The van der Waals surface area contributed by atoms with E-state index in [-0.39, 0.29) is 24.2 Å². The lowest BCUT2D eigenvalue weighted by molar-refractivity contribution is -0.200. The van der Waals surface area contributed by atoms with Crippen LogP contribution in [-0.2, 0) is 27.2 Å². The van der Waals surface area contributed by atoms with Gasteiger partial charge in [0, 0.05) is 45.8 Å². The predicted octanol–water partition coefficient (Wildman–Crippen LogP) is 2.62. The van der Waals surface area contributed by atoms with E-state index in [1.54, 1.807) is 0 Å². The average molecular weight is 373 g/mol. The summed E-state index contributed by atoms with van der Waals surface area (Å²) in [7, 11) is 0. The molecule has 1 unspecified atom stereocenters. The molecule has 1 atom stereocenters. The van der Waals surface area contributed by atoms with E-state index in [1.165, 1.54) is 11.1 Å². The first-order valence-electron chi connectivity index (χ1n) is 10.5. The largest absolute Gasteiger partial charge is 0.372 e. The second-order valence-corrected chi connectivity index (χ2v) is 8.36. The number of carbonyl (C=O) groups is 1. The summed E-state index contributed by atoms with van der Waals surface area (Å²) < 4.78 is 12.1. The van der Waals surface area contributed by atoms with Crippen molar-refractivity contribution < 1.29 is 14.3 Å². The highest BCUT2D eigenvalue weighted by molar-refractivity contribution is 5.77. The molecule has 1 spiro atoms. The Morgan fingerprint density at radius 3 is 2.59 bits per heavy atom. The lowest BCUT2D eigenvalue weighted by Gasteiger charge is -2.53. The normalized spacial score (nSPS) is 24.9. The third-order valence-corrected chi connectivity index (χ3v) is 6.21. The Labute approximate surface area is 162 Å². The number of benzene rings is 1. The molecule has 0 saturated carbocycles. The number of rotatable bonds is 6. The maximum Gasteiger partial charge on any atom is 0.248 e. The second-order valence-electron chi connectivity index (χ2n) is 8.36. The van der Waals surface area contributed by atoms with Crippen LogP contribution in [0.3, 0.4) is 0 Å². The molecular formula is C22H32N2O3. The predicted molar refractivity (Wildman–Crippen MR) is 105 cm³/mol. The van der Waals surface area contributed by atoms with Gasteiger partial charge < -0.3 is 14.4 Å². The molecule has 3 aliphatic rings. The van der Waals surface area contributed by atoms with Crippen molar-refractivity contribution in [1.82, 2.24) is 9.80 Å². The van der Waals surface area contributed by atoms with Gasteiger partial charge in [-0.1, -0.05) is 31.2 Å². The van der Waals surface area contributed by atoms with Gasteiger partial charge in [0.05, 0.1) is 11.7 Å². The number of nitrogens with zero attached hydrogens (tertiary/aromatic N) is 2. The number of hydrogen-bond donors (Lipinski definition) is 0. The average Bonchev–Trinajstić information content (AvgIpc) is 3.21. The van der Waals surface area contributed by atoms with Gasteiger partial charge in [-0.3, -0.25) is 9.69 Å². The highest BCUT2D eigenvalue weighted by atomic mass is 16.5. The molecular weight excluding hydrogens is 340 g/mol. The quantitative estimate of drug-likeness (QED) is 0.770. The number of hydrogen-bond acceptors (Lipinski definition) is 4. The first-order chi connectivity index (χ1) is 13.2. The first kappa shape index (κ1) is 18.9. The van der Waals surface area contributed by atoms with Crippen LogP contribution in [0.5, 0.6) is 0 Å². The van der Waals surface area contributed by atoms with Crippen molar-refractivity contribution in [1.29, 1.82) is 0 Å². The van der Waals surface area contributed by atoms with Crippen LogP contribution in [0.25, 0.3) is 0 Å². The van der Waals surface area contributed by atoms with E-state index in [9.17, 15) is 4.79 Å². The molecule has 148 valence electrons. The maximum atomic E-state index is 12.2. The zero-order valence-electron chi connectivity index (χ0n) is 16.5. The number of aryl methyl sites for hydroxylation is 1. The Kier molecular flexibility index (Phi) is 5.81. The van der Waals surface area contributed by atoms with Gasteiger partial charge in [-0.2, -0.15) is 0 Å². The molecule has 27 heavy (non-hydrogen) atoms.